The number of carbonyl (C=O) groups is 1. The monoisotopic (exact) mass is 510 g/mol. The molecule has 0 unspecified atom stereocenters. The highest BCUT2D eigenvalue weighted by Gasteiger charge is 2.17. The average Bonchev–Trinajstić information content (AvgIpc) is 2.87. The number of rotatable bonds is 4. The van der Waals surface area contributed by atoms with Gasteiger partial charge in [0.15, 0.2) is 11.6 Å². The highest BCUT2D eigenvalue weighted by Crippen LogP contribution is 2.39. The van der Waals surface area contributed by atoms with Gasteiger partial charge in [-0.25, -0.2) is 18.6 Å². The third-order valence-electron chi connectivity index (χ3n) is 5.02. The summed E-state index contributed by atoms with van der Waals surface area (Å²) >= 11 is 1.65. The maximum atomic E-state index is 13.7. The van der Waals surface area contributed by atoms with Gasteiger partial charge in [-0.15, -0.1) is 11.8 Å². The van der Waals surface area contributed by atoms with Crippen LogP contribution in [0, 0.1) is 11.6 Å². The minimum Gasteiger partial charge on any atom is -0.477 e. The standard InChI is InChI=1S/C13H12FN3OS.C12H8FNO3/c14-9-7-8(15)1-2-10(9)18-11-3-4-16-13-12(11)19-6-5-17-13;13-8-3-1-7(2-4-8)9-5-14-6-10(11(9)15)12(16)17/h1-4,7H,5-6,15H2,(H,16,17);1-6H,(H,14,15)(H,16,17). The summed E-state index contributed by atoms with van der Waals surface area (Å²) in [5, 5.41) is 12.0. The van der Waals surface area contributed by atoms with Gasteiger partial charge >= 0.3 is 5.97 Å². The molecule has 0 amide bonds. The van der Waals surface area contributed by atoms with E-state index in [0.717, 1.165) is 29.2 Å². The quantitative estimate of drug-likeness (QED) is 0.283. The molecule has 0 fully saturated rings. The van der Waals surface area contributed by atoms with Crippen LogP contribution in [-0.2, 0) is 0 Å². The number of nitrogens with zero attached hydrogens (tertiary/aromatic N) is 1. The number of H-pyrrole nitrogens is 1. The van der Waals surface area contributed by atoms with Crippen LogP contribution in [0.3, 0.4) is 0 Å². The number of ether oxygens (including phenoxy) is 1. The van der Waals surface area contributed by atoms with Gasteiger partial charge in [-0.05, 0) is 29.8 Å². The molecule has 1 aliphatic heterocycles. The number of nitrogen functional groups attached to an aromatic ring is 1. The van der Waals surface area contributed by atoms with Crippen molar-refractivity contribution < 1.29 is 23.4 Å². The lowest BCUT2D eigenvalue weighted by Crippen LogP contribution is -2.16. The molecule has 0 saturated heterocycles. The molecular formula is C25H20F2N4O4S. The Balaban J connectivity index is 0.000000170. The summed E-state index contributed by atoms with van der Waals surface area (Å²) in [7, 11) is 0. The van der Waals surface area contributed by atoms with Crippen molar-refractivity contribution in [2.45, 2.75) is 4.90 Å². The molecule has 2 aromatic carbocycles. The van der Waals surface area contributed by atoms with Crippen molar-refractivity contribution in [3.63, 3.8) is 0 Å². The molecule has 184 valence electrons. The lowest BCUT2D eigenvalue weighted by atomic mass is 10.1. The number of nitrogens with two attached hydrogens (primary N) is 1. The molecule has 2 aromatic heterocycles. The second-order valence-electron chi connectivity index (χ2n) is 7.48. The Kier molecular flexibility index (Phi) is 7.50. The first-order valence-corrected chi connectivity index (χ1v) is 11.6. The largest absolute Gasteiger partial charge is 0.477 e. The van der Waals surface area contributed by atoms with E-state index in [4.69, 9.17) is 15.6 Å². The Bertz CT molecular complexity index is 1460. The maximum Gasteiger partial charge on any atom is 0.341 e. The zero-order valence-corrected chi connectivity index (χ0v) is 19.4. The van der Waals surface area contributed by atoms with E-state index in [1.807, 2.05) is 0 Å². The van der Waals surface area contributed by atoms with Crippen LogP contribution < -0.4 is 21.2 Å². The van der Waals surface area contributed by atoms with E-state index in [1.54, 1.807) is 30.1 Å². The van der Waals surface area contributed by atoms with Gasteiger partial charge in [0.05, 0.1) is 4.90 Å². The SMILES string of the molecule is Nc1ccc(Oc2ccnc3c2SCCN3)c(F)c1.O=C(O)c1c[nH]cc(-c2ccc(F)cc2)c1=O. The van der Waals surface area contributed by atoms with E-state index in [-0.39, 0.29) is 16.9 Å². The second kappa shape index (κ2) is 10.9. The van der Waals surface area contributed by atoms with Crippen LogP contribution in [-0.4, -0.2) is 33.3 Å². The van der Waals surface area contributed by atoms with Gasteiger partial charge in [0.25, 0.3) is 0 Å². The van der Waals surface area contributed by atoms with Crippen LogP contribution in [0.25, 0.3) is 11.1 Å². The van der Waals surface area contributed by atoms with Gasteiger partial charge in [0.2, 0.25) is 5.43 Å². The molecule has 0 spiro atoms. The van der Waals surface area contributed by atoms with Crippen molar-refractivity contribution in [3.8, 4) is 22.6 Å². The van der Waals surface area contributed by atoms with Crippen LogP contribution in [0.4, 0.5) is 20.3 Å². The molecule has 5 N–H and O–H groups in total. The first kappa shape index (κ1) is 24.7. The molecule has 8 nitrogen and oxygen atoms in total. The normalized spacial score (nSPS) is 11.9. The Morgan fingerprint density at radius 1 is 1.08 bits per heavy atom. The summed E-state index contributed by atoms with van der Waals surface area (Å²) in [6, 6.07) is 11.4. The van der Waals surface area contributed by atoms with Crippen LogP contribution in [0.2, 0.25) is 0 Å². The topological polar surface area (TPSA) is 130 Å². The number of aromatic carboxylic acids is 1. The van der Waals surface area contributed by atoms with E-state index < -0.39 is 23.0 Å². The molecule has 0 aliphatic carbocycles. The Labute approximate surface area is 208 Å². The fourth-order valence-electron chi connectivity index (χ4n) is 3.30. The van der Waals surface area contributed by atoms with Gasteiger partial charge in [-0.2, -0.15) is 0 Å². The van der Waals surface area contributed by atoms with Crippen LogP contribution in [0.5, 0.6) is 11.5 Å². The number of nitrogens with one attached hydrogen (secondary N) is 2. The molecule has 0 bridgehead atoms. The molecule has 4 aromatic rings. The fourth-order valence-corrected chi connectivity index (χ4v) is 4.23. The summed E-state index contributed by atoms with van der Waals surface area (Å²) in [4.78, 5) is 30.3. The number of aromatic nitrogens is 2. The van der Waals surface area contributed by atoms with Crippen molar-refractivity contribution in [1.29, 1.82) is 0 Å². The van der Waals surface area contributed by atoms with Crippen LogP contribution in [0.15, 0.2) is 76.8 Å². The van der Waals surface area contributed by atoms with Crippen molar-refractivity contribution in [2.24, 2.45) is 0 Å². The van der Waals surface area contributed by atoms with Crippen LogP contribution >= 0.6 is 11.8 Å². The predicted molar refractivity (Wildman–Crippen MR) is 134 cm³/mol. The number of benzene rings is 2. The number of fused-ring (bicyclic) bond motifs is 1. The minimum atomic E-state index is -1.30. The Hall–Kier alpha value is -4.38. The summed E-state index contributed by atoms with van der Waals surface area (Å²) in [5.41, 5.74) is 5.62. The highest BCUT2D eigenvalue weighted by atomic mass is 32.2. The number of carboxylic acids is 1. The molecule has 0 radical (unpaired) electrons. The molecule has 1 aliphatic rings. The fraction of sp³-hybridized carbons (Fsp3) is 0.0800. The number of halogens is 2. The third-order valence-corrected chi connectivity index (χ3v) is 6.11. The number of thioether (sulfide) groups is 1. The van der Waals surface area contributed by atoms with Crippen molar-refractivity contribution in [1.82, 2.24) is 9.97 Å². The number of anilines is 2. The molecule has 0 atom stereocenters. The number of hydrogen-bond donors (Lipinski definition) is 4. The average molecular weight is 511 g/mol. The maximum absolute atomic E-state index is 13.7. The van der Waals surface area contributed by atoms with E-state index in [2.05, 4.69) is 15.3 Å². The van der Waals surface area contributed by atoms with Crippen molar-refractivity contribution in [2.75, 3.05) is 23.3 Å². The zero-order chi connectivity index (χ0) is 25.7. The van der Waals surface area contributed by atoms with Gasteiger partial charge < -0.3 is 25.9 Å². The molecule has 5 rings (SSSR count). The van der Waals surface area contributed by atoms with Gasteiger partial charge in [0.1, 0.15) is 22.9 Å². The number of carboxylic acid groups (broad SMARTS) is 1. The smallest absolute Gasteiger partial charge is 0.341 e. The number of hydrogen-bond acceptors (Lipinski definition) is 7. The van der Waals surface area contributed by atoms with Gasteiger partial charge in [-0.1, -0.05) is 12.1 Å². The first-order chi connectivity index (χ1) is 17.3. The third kappa shape index (κ3) is 5.63. The molecule has 11 heteroatoms. The first-order valence-electron chi connectivity index (χ1n) is 10.6. The van der Waals surface area contributed by atoms with Crippen molar-refractivity contribution >= 4 is 29.2 Å². The summed E-state index contributed by atoms with van der Waals surface area (Å²) < 4.78 is 32.1. The summed E-state index contributed by atoms with van der Waals surface area (Å²) in [5.74, 6) is 0.289. The van der Waals surface area contributed by atoms with E-state index >= 15 is 0 Å². The highest BCUT2D eigenvalue weighted by molar-refractivity contribution is 7.99. The molecule has 36 heavy (non-hydrogen) atoms. The van der Waals surface area contributed by atoms with E-state index in [9.17, 15) is 18.4 Å². The number of pyridine rings is 2. The Morgan fingerprint density at radius 3 is 2.58 bits per heavy atom. The van der Waals surface area contributed by atoms with Crippen molar-refractivity contribution in [3.05, 3.63) is 94.5 Å². The molecular weight excluding hydrogens is 490 g/mol. The predicted octanol–water partition coefficient (Wildman–Crippen LogP) is 4.99. The molecule has 3 heterocycles. The van der Waals surface area contributed by atoms with E-state index in [1.165, 1.54) is 42.6 Å². The van der Waals surface area contributed by atoms with E-state index in [0.29, 0.717) is 17.0 Å². The van der Waals surface area contributed by atoms with Crippen LogP contribution in [0.1, 0.15) is 10.4 Å². The van der Waals surface area contributed by atoms with Gasteiger partial charge in [0, 0.05) is 54.3 Å². The Morgan fingerprint density at radius 2 is 1.86 bits per heavy atom. The molecule has 0 saturated carbocycles. The lowest BCUT2D eigenvalue weighted by Gasteiger charge is -2.19. The zero-order valence-electron chi connectivity index (χ0n) is 18.6. The minimum absolute atomic E-state index is 0.161. The summed E-state index contributed by atoms with van der Waals surface area (Å²) in [6.07, 6.45) is 4.15. The van der Waals surface area contributed by atoms with Gasteiger partial charge in [-0.3, -0.25) is 4.79 Å². The second-order valence-corrected chi connectivity index (χ2v) is 8.58. The lowest BCUT2D eigenvalue weighted by molar-refractivity contribution is 0.0695. The number of aromatic amines is 1. The summed E-state index contributed by atoms with van der Waals surface area (Å²) in [6.45, 7) is 0.865.